The normalized spacial score (nSPS) is 14.7. The summed E-state index contributed by atoms with van der Waals surface area (Å²) in [7, 11) is 0. The minimum atomic E-state index is -0.454. The lowest BCUT2D eigenvalue weighted by atomic mass is 10.2. The number of carbonyl (C=O) groups excluding carboxylic acids is 1. The Bertz CT molecular complexity index is 698. The van der Waals surface area contributed by atoms with E-state index in [0.29, 0.717) is 30.5 Å². The van der Waals surface area contributed by atoms with Gasteiger partial charge in [0, 0.05) is 24.2 Å². The summed E-state index contributed by atoms with van der Waals surface area (Å²) in [6.45, 7) is 4.83. The van der Waals surface area contributed by atoms with Crippen molar-refractivity contribution in [3.05, 3.63) is 30.0 Å². The standard InChI is InChI=1S/C16H19N3O4/c1-10-8-15(23-19-10)18-16(20)11(2)17-12-4-5-13-14(9-12)22-7-3-6-21-13/h4-5,8-9,11,17H,3,6-7H2,1-2H3,(H,18,20)/t11-/m1/s1. The topological polar surface area (TPSA) is 85.6 Å². The lowest BCUT2D eigenvalue weighted by Crippen LogP contribution is -2.31. The zero-order valence-electron chi connectivity index (χ0n) is 13.1. The van der Waals surface area contributed by atoms with E-state index >= 15 is 0 Å². The molecule has 0 unspecified atom stereocenters. The fraction of sp³-hybridized carbons (Fsp3) is 0.375. The SMILES string of the molecule is Cc1cc(NC(=O)[C@@H](C)Nc2ccc3c(c2)OCCCO3)on1. The van der Waals surface area contributed by atoms with Gasteiger partial charge in [-0.1, -0.05) is 5.16 Å². The molecule has 7 nitrogen and oxygen atoms in total. The van der Waals surface area contributed by atoms with Gasteiger partial charge in [-0.05, 0) is 26.0 Å². The van der Waals surface area contributed by atoms with Crippen LogP contribution in [0.15, 0.2) is 28.8 Å². The van der Waals surface area contributed by atoms with Crippen LogP contribution in [0.4, 0.5) is 11.6 Å². The first kappa shape index (κ1) is 15.2. The van der Waals surface area contributed by atoms with E-state index in [4.69, 9.17) is 14.0 Å². The molecule has 7 heteroatoms. The Hall–Kier alpha value is -2.70. The number of hydrogen-bond acceptors (Lipinski definition) is 6. The molecule has 1 aromatic heterocycles. The Morgan fingerprint density at radius 2 is 2.00 bits per heavy atom. The van der Waals surface area contributed by atoms with Gasteiger partial charge in [0.25, 0.3) is 0 Å². The van der Waals surface area contributed by atoms with Gasteiger partial charge < -0.3 is 19.3 Å². The minimum absolute atomic E-state index is 0.215. The van der Waals surface area contributed by atoms with Crippen LogP contribution in [0.3, 0.4) is 0 Å². The average Bonchev–Trinajstić information content (AvgIpc) is 2.80. The molecule has 122 valence electrons. The van der Waals surface area contributed by atoms with Crippen molar-refractivity contribution in [3.8, 4) is 11.5 Å². The van der Waals surface area contributed by atoms with Crippen molar-refractivity contribution in [2.75, 3.05) is 23.8 Å². The van der Waals surface area contributed by atoms with Gasteiger partial charge in [-0.3, -0.25) is 10.1 Å². The van der Waals surface area contributed by atoms with Gasteiger partial charge >= 0.3 is 0 Å². The third-order valence-electron chi connectivity index (χ3n) is 3.40. The van der Waals surface area contributed by atoms with Gasteiger partial charge in [-0.2, -0.15) is 0 Å². The number of nitrogens with zero attached hydrogens (tertiary/aromatic N) is 1. The number of carbonyl (C=O) groups is 1. The summed E-state index contributed by atoms with van der Waals surface area (Å²) in [4.78, 5) is 12.2. The maximum atomic E-state index is 12.2. The number of fused-ring (bicyclic) bond motifs is 1. The van der Waals surface area contributed by atoms with Crippen molar-refractivity contribution in [2.45, 2.75) is 26.3 Å². The number of aromatic nitrogens is 1. The van der Waals surface area contributed by atoms with Crippen LogP contribution in [0.5, 0.6) is 11.5 Å². The van der Waals surface area contributed by atoms with E-state index in [1.54, 1.807) is 19.9 Å². The molecule has 0 saturated heterocycles. The monoisotopic (exact) mass is 317 g/mol. The van der Waals surface area contributed by atoms with E-state index in [2.05, 4.69) is 15.8 Å². The first-order chi connectivity index (χ1) is 11.1. The number of hydrogen-bond donors (Lipinski definition) is 2. The molecular formula is C16H19N3O4. The first-order valence-electron chi connectivity index (χ1n) is 7.52. The molecule has 0 fully saturated rings. The van der Waals surface area contributed by atoms with Crippen LogP contribution in [0.2, 0.25) is 0 Å². The highest BCUT2D eigenvalue weighted by Crippen LogP contribution is 2.32. The van der Waals surface area contributed by atoms with Crippen molar-refractivity contribution in [3.63, 3.8) is 0 Å². The predicted octanol–water partition coefficient (Wildman–Crippen LogP) is 2.58. The second-order valence-electron chi connectivity index (χ2n) is 5.40. The molecule has 0 spiro atoms. The lowest BCUT2D eigenvalue weighted by molar-refractivity contribution is -0.116. The molecule has 1 aliphatic rings. The summed E-state index contributed by atoms with van der Waals surface area (Å²) in [5, 5.41) is 9.53. The zero-order valence-corrected chi connectivity index (χ0v) is 13.1. The Labute approximate surface area is 133 Å². The quantitative estimate of drug-likeness (QED) is 0.901. The van der Waals surface area contributed by atoms with Crippen LogP contribution in [-0.4, -0.2) is 30.3 Å². The van der Waals surface area contributed by atoms with Crippen LogP contribution in [0.1, 0.15) is 19.0 Å². The van der Waals surface area contributed by atoms with Crippen LogP contribution < -0.4 is 20.1 Å². The van der Waals surface area contributed by atoms with Gasteiger partial charge in [0.05, 0.1) is 18.9 Å². The molecule has 1 atom stereocenters. The minimum Gasteiger partial charge on any atom is -0.490 e. The van der Waals surface area contributed by atoms with E-state index in [0.717, 1.165) is 17.9 Å². The van der Waals surface area contributed by atoms with Crippen molar-refractivity contribution < 1.29 is 18.8 Å². The predicted molar refractivity (Wildman–Crippen MR) is 85.0 cm³/mol. The Balaban J connectivity index is 1.64. The van der Waals surface area contributed by atoms with Gasteiger partial charge in [0.1, 0.15) is 6.04 Å². The second-order valence-corrected chi connectivity index (χ2v) is 5.40. The van der Waals surface area contributed by atoms with Crippen molar-refractivity contribution in [1.82, 2.24) is 5.16 Å². The molecule has 2 N–H and O–H groups in total. The first-order valence-corrected chi connectivity index (χ1v) is 7.52. The molecule has 3 rings (SSSR count). The van der Waals surface area contributed by atoms with E-state index in [1.807, 2.05) is 18.2 Å². The molecular weight excluding hydrogens is 298 g/mol. The van der Waals surface area contributed by atoms with Gasteiger partial charge in [-0.15, -0.1) is 0 Å². The number of nitrogens with one attached hydrogen (secondary N) is 2. The fourth-order valence-corrected chi connectivity index (χ4v) is 2.22. The highest BCUT2D eigenvalue weighted by atomic mass is 16.5. The van der Waals surface area contributed by atoms with Crippen molar-refractivity contribution in [1.29, 1.82) is 0 Å². The van der Waals surface area contributed by atoms with E-state index in [-0.39, 0.29) is 5.91 Å². The van der Waals surface area contributed by atoms with Crippen LogP contribution in [-0.2, 0) is 4.79 Å². The molecule has 1 amide bonds. The smallest absolute Gasteiger partial charge is 0.248 e. The molecule has 2 aromatic rings. The second kappa shape index (κ2) is 6.60. The third-order valence-corrected chi connectivity index (χ3v) is 3.40. The molecule has 0 aliphatic carbocycles. The number of anilines is 2. The van der Waals surface area contributed by atoms with Gasteiger partial charge in [0.2, 0.25) is 11.8 Å². The van der Waals surface area contributed by atoms with E-state index in [9.17, 15) is 4.79 Å². The summed E-state index contributed by atoms with van der Waals surface area (Å²) in [6.07, 6.45) is 0.854. The number of ether oxygens (including phenoxy) is 2. The van der Waals surface area contributed by atoms with E-state index in [1.165, 1.54) is 0 Å². The van der Waals surface area contributed by atoms with E-state index < -0.39 is 6.04 Å². The van der Waals surface area contributed by atoms with Crippen molar-refractivity contribution >= 4 is 17.5 Å². The van der Waals surface area contributed by atoms with Gasteiger partial charge in [-0.25, -0.2) is 0 Å². The number of benzene rings is 1. The Morgan fingerprint density at radius 1 is 1.22 bits per heavy atom. The summed E-state index contributed by atoms with van der Waals surface area (Å²) in [6, 6.07) is 6.75. The summed E-state index contributed by atoms with van der Waals surface area (Å²) in [5.41, 5.74) is 1.49. The molecule has 0 bridgehead atoms. The van der Waals surface area contributed by atoms with Gasteiger partial charge in [0.15, 0.2) is 11.5 Å². The zero-order chi connectivity index (χ0) is 16.2. The van der Waals surface area contributed by atoms with Crippen LogP contribution in [0, 0.1) is 6.92 Å². The lowest BCUT2D eigenvalue weighted by Gasteiger charge is -2.15. The summed E-state index contributed by atoms with van der Waals surface area (Å²) >= 11 is 0. The Kier molecular flexibility index (Phi) is 4.36. The third kappa shape index (κ3) is 3.74. The number of rotatable bonds is 4. The largest absolute Gasteiger partial charge is 0.490 e. The maximum absolute atomic E-state index is 12.2. The van der Waals surface area contributed by atoms with Crippen molar-refractivity contribution in [2.24, 2.45) is 0 Å². The highest BCUT2D eigenvalue weighted by Gasteiger charge is 2.16. The maximum Gasteiger partial charge on any atom is 0.248 e. The van der Waals surface area contributed by atoms with Crippen LogP contribution in [0.25, 0.3) is 0 Å². The molecule has 2 heterocycles. The summed E-state index contributed by atoms with van der Waals surface area (Å²) in [5.74, 6) is 1.53. The molecule has 1 aromatic carbocycles. The molecule has 1 aliphatic heterocycles. The molecule has 0 radical (unpaired) electrons. The summed E-state index contributed by atoms with van der Waals surface area (Å²) < 4.78 is 16.2. The molecule has 23 heavy (non-hydrogen) atoms. The molecule has 0 saturated carbocycles. The average molecular weight is 317 g/mol. The van der Waals surface area contributed by atoms with Crippen LogP contribution >= 0.6 is 0 Å². The fourth-order valence-electron chi connectivity index (χ4n) is 2.22. The number of amides is 1. The Morgan fingerprint density at radius 3 is 2.74 bits per heavy atom. The number of aryl methyl sites for hydroxylation is 1. The highest BCUT2D eigenvalue weighted by molar-refractivity contribution is 5.95.